The van der Waals surface area contributed by atoms with Crippen LogP contribution in [0.3, 0.4) is 0 Å². The van der Waals surface area contributed by atoms with Gasteiger partial charge >= 0.3 is 0 Å². The molecular weight excluding hydrogens is 448 g/mol. The fourth-order valence-corrected chi connectivity index (χ4v) is 4.76. The Morgan fingerprint density at radius 2 is 0.946 bits per heavy atom. The molecule has 0 amide bonds. The Morgan fingerprint density at radius 1 is 0.405 bits per heavy atom. The molecule has 1 heterocycles. The highest BCUT2D eigenvalue weighted by Gasteiger charge is 2.17. The predicted octanol–water partition coefficient (Wildman–Crippen LogP) is 10.4. The van der Waals surface area contributed by atoms with Gasteiger partial charge < -0.3 is 4.42 Å². The van der Waals surface area contributed by atoms with Gasteiger partial charge in [-0.1, -0.05) is 109 Å². The van der Waals surface area contributed by atoms with E-state index in [1.807, 2.05) is 0 Å². The molecule has 0 spiro atoms. The zero-order valence-corrected chi connectivity index (χ0v) is 18.7. The second-order valence-electron chi connectivity index (χ2n) is 8.32. The van der Waals surface area contributed by atoms with Crippen LogP contribution in [0.4, 0.5) is 0 Å². The Labute approximate surface area is 239 Å². The first-order valence-electron chi connectivity index (χ1n) is 20.2. The van der Waals surface area contributed by atoms with Crippen LogP contribution in [0.5, 0.6) is 0 Å². The number of furan rings is 1. The third kappa shape index (κ3) is 3.04. The molecule has 7 aromatic carbocycles. The van der Waals surface area contributed by atoms with Gasteiger partial charge in [0.2, 0.25) is 0 Å². The van der Waals surface area contributed by atoms with Crippen molar-refractivity contribution < 1.29 is 29.1 Å². The third-order valence-electron chi connectivity index (χ3n) is 6.33. The van der Waals surface area contributed by atoms with Crippen LogP contribution in [0.25, 0.3) is 76.5 Å². The minimum atomic E-state index is -0.678. The van der Waals surface area contributed by atoms with Crippen LogP contribution in [-0.2, 0) is 0 Å². The topological polar surface area (TPSA) is 13.1 Å². The molecular formula is C36H22O. The summed E-state index contributed by atoms with van der Waals surface area (Å²) in [5.74, 6) is 0. The van der Waals surface area contributed by atoms with E-state index in [4.69, 9.17) is 25.0 Å². The van der Waals surface area contributed by atoms with Gasteiger partial charge in [-0.15, -0.1) is 0 Å². The Hall–Kier alpha value is -4.88. The molecule has 1 aromatic heterocycles. The molecule has 0 aliphatic carbocycles. The van der Waals surface area contributed by atoms with Gasteiger partial charge in [-0.25, -0.2) is 0 Å². The largest absolute Gasteiger partial charge is 0.456 e. The molecule has 0 bridgehead atoms. The minimum Gasteiger partial charge on any atom is -0.456 e. The summed E-state index contributed by atoms with van der Waals surface area (Å²) < 4.78 is 162. The fourth-order valence-electron chi connectivity index (χ4n) is 4.76. The highest BCUT2D eigenvalue weighted by Crippen LogP contribution is 2.45. The molecule has 0 N–H and O–H groups in total. The zero-order chi connectivity index (χ0) is 40.0. The monoisotopic (exact) mass is 488 g/mol. The van der Waals surface area contributed by atoms with Crippen molar-refractivity contribution in [2.24, 2.45) is 0 Å². The lowest BCUT2D eigenvalue weighted by molar-refractivity contribution is 0.669. The maximum Gasteiger partial charge on any atom is 0.135 e. The number of benzene rings is 7. The van der Waals surface area contributed by atoms with E-state index in [-0.39, 0.29) is 101 Å². The molecule has 0 aliphatic rings. The molecule has 172 valence electrons. The normalized spacial score (nSPS) is 18.6. The van der Waals surface area contributed by atoms with E-state index in [2.05, 4.69) is 0 Å². The highest BCUT2D eigenvalue weighted by molar-refractivity contribution is 6.22. The third-order valence-corrected chi connectivity index (χ3v) is 6.33. The second kappa shape index (κ2) is 7.81. The van der Waals surface area contributed by atoms with Gasteiger partial charge in [0.1, 0.15) is 11.2 Å². The first-order chi connectivity index (χ1) is 25.8. The Bertz CT molecular complexity index is 3060. The standard InChI is InChI=1S/C36H22O/c1-2-10-24-21-25(18-17-23(24)9-1)35-28-12-3-5-14-30(28)36(31-15-6-4-13-29(31)35)26-19-20-34-32(22-26)27-11-7-8-16-33(27)37-34/h1-22H/i1D,2D,3D,4D,5D,6D,7D,8D,9D,10D,11D,16D,17D,18D,19D,20D,21D,22D. The summed E-state index contributed by atoms with van der Waals surface area (Å²) in [6.07, 6.45) is 0. The quantitative estimate of drug-likeness (QED) is 0.221. The Morgan fingerprint density at radius 3 is 1.65 bits per heavy atom. The number of rotatable bonds is 2. The molecule has 8 aromatic rings. The van der Waals surface area contributed by atoms with Gasteiger partial charge in [-0.05, 0) is 78.7 Å². The predicted molar refractivity (Wildman–Crippen MR) is 157 cm³/mol. The van der Waals surface area contributed by atoms with Crippen molar-refractivity contribution in [1.29, 1.82) is 0 Å². The molecule has 1 nitrogen and oxygen atoms in total. The van der Waals surface area contributed by atoms with Crippen LogP contribution in [0.1, 0.15) is 24.7 Å². The van der Waals surface area contributed by atoms with Crippen molar-refractivity contribution in [3.63, 3.8) is 0 Å². The summed E-state index contributed by atoms with van der Waals surface area (Å²) in [6.45, 7) is 0. The number of para-hydroxylation sites is 1. The number of hydrogen-bond acceptors (Lipinski definition) is 1. The molecule has 37 heavy (non-hydrogen) atoms. The van der Waals surface area contributed by atoms with Crippen molar-refractivity contribution in [3.8, 4) is 22.3 Å². The van der Waals surface area contributed by atoms with Crippen molar-refractivity contribution in [1.82, 2.24) is 0 Å². The highest BCUT2D eigenvalue weighted by atomic mass is 16.3. The van der Waals surface area contributed by atoms with Crippen molar-refractivity contribution in [2.75, 3.05) is 0 Å². The van der Waals surface area contributed by atoms with Crippen LogP contribution >= 0.6 is 0 Å². The van der Waals surface area contributed by atoms with Crippen molar-refractivity contribution >= 4 is 54.3 Å². The molecule has 0 aliphatic heterocycles. The van der Waals surface area contributed by atoms with E-state index in [1.54, 1.807) is 0 Å². The second-order valence-corrected chi connectivity index (χ2v) is 8.32. The summed E-state index contributed by atoms with van der Waals surface area (Å²) in [6, 6.07) is -4.96. The lowest BCUT2D eigenvalue weighted by Crippen LogP contribution is -1.91. The van der Waals surface area contributed by atoms with Gasteiger partial charge in [0.25, 0.3) is 0 Å². The molecule has 8 rings (SSSR count). The number of hydrogen-bond donors (Lipinski definition) is 0. The molecule has 0 saturated carbocycles. The van der Waals surface area contributed by atoms with Gasteiger partial charge in [0, 0.05) is 10.8 Å². The first-order valence-corrected chi connectivity index (χ1v) is 11.2. The lowest BCUT2D eigenvalue weighted by Gasteiger charge is -2.18. The van der Waals surface area contributed by atoms with E-state index in [9.17, 15) is 4.11 Å². The zero-order valence-electron chi connectivity index (χ0n) is 36.7. The Balaban J connectivity index is 1.65. The summed E-state index contributed by atoms with van der Waals surface area (Å²) in [7, 11) is 0. The number of fused-ring (bicyclic) bond motifs is 6. The lowest BCUT2D eigenvalue weighted by atomic mass is 9.85. The average Bonchev–Trinajstić information content (AvgIpc) is 3.55. The minimum absolute atomic E-state index is 0.0200. The van der Waals surface area contributed by atoms with Crippen LogP contribution in [0.15, 0.2) is 137 Å². The summed E-state index contributed by atoms with van der Waals surface area (Å²) >= 11 is 0. The van der Waals surface area contributed by atoms with E-state index in [0.717, 1.165) is 0 Å². The first kappa shape index (κ1) is 9.53. The van der Waals surface area contributed by atoms with Crippen molar-refractivity contribution in [3.05, 3.63) is 133 Å². The van der Waals surface area contributed by atoms with Crippen LogP contribution in [-0.4, -0.2) is 0 Å². The van der Waals surface area contributed by atoms with E-state index in [0.29, 0.717) is 0 Å². The van der Waals surface area contributed by atoms with Gasteiger partial charge in [-0.2, -0.15) is 0 Å². The van der Waals surface area contributed by atoms with E-state index < -0.39 is 84.6 Å². The van der Waals surface area contributed by atoms with Gasteiger partial charge in [0.15, 0.2) is 0 Å². The molecule has 0 saturated heterocycles. The SMILES string of the molecule is [2H]c1cc2c(-c3c([2H])c([2H])c4c([2H])c([2H])c([2H])c([2H])c4c3[2H])c3cc([2H])c([2H])cc3c(-c3c([2H])c([2H])c4oc5c([2H])c([2H])c([2H])c([2H])c5c4c3[2H])c2cc1[2H]. The smallest absolute Gasteiger partial charge is 0.135 e. The van der Waals surface area contributed by atoms with Crippen LogP contribution in [0, 0.1) is 0 Å². The van der Waals surface area contributed by atoms with Gasteiger partial charge in [-0.3, -0.25) is 0 Å². The maximum atomic E-state index is 9.49. The van der Waals surface area contributed by atoms with Crippen molar-refractivity contribution in [2.45, 2.75) is 0 Å². The van der Waals surface area contributed by atoms with Crippen LogP contribution in [0.2, 0.25) is 0 Å². The summed E-state index contributed by atoms with van der Waals surface area (Å²) in [5, 5.41) is -1.05. The van der Waals surface area contributed by atoms with Crippen LogP contribution < -0.4 is 0 Å². The molecule has 1 heteroatoms. The van der Waals surface area contributed by atoms with E-state index in [1.165, 1.54) is 24.3 Å². The van der Waals surface area contributed by atoms with E-state index >= 15 is 0 Å². The molecule has 0 radical (unpaired) electrons. The molecule has 0 unspecified atom stereocenters. The summed E-state index contributed by atoms with van der Waals surface area (Å²) in [5.41, 5.74) is -1.38. The fraction of sp³-hybridized carbons (Fsp3) is 0. The Kier molecular flexibility index (Phi) is 2.01. The average molecular weight is 489 g/mol. The molecule has 0 fully saturated rings. The summed E-state index contributed by atoms with van der Waals surface area (Å²) in [4.78, 5) is 0. The van der Waals surface area contributed by atoms with Gasteiger partial charge in [0.05, 0.1) is 24.7 Å². The maximum absolute atomic E-state index is 9.49. The molecule has 0 atom stereocenters.